The Bertz CT molecular complexity index is 880. The summed E-state index contributed by atoms with van der Waals surface area (Å²) in [6.07, 6.45) is 0.954. The van der Waals surface area contributed by atoms with Gasteiger partial charge in [-0.2, -0.15) is 5.10 Å². The predicted octanol–water partition coefficient (Wildman–Crippen LogP) is 5.49. The van der Waals surface area contributed by atoms with Gasteiger partial charge in [-0.25, -0.2) is 0 Å². The highest BCUT2D eigenvalue weighted by atomic mass is 35.5. The van der Waals surface area contributed by atoms with E-state index in [-0.39, 0.29) is 6.04 Å². The summed E-state index contributed by atoms with van der Waals surface area (Å²) < 4.78 is 0. The van der Waals surface area contributed by atoms with E-state index in [4.69, 9.17) is 16.6 Å². The summed E-state index contributed by atoms with van der Waals surface area (Å²) in [6, 6.07) is 8.12. The number of hydrogen-bond acceptors (Lipinski definition) is 4. The maximum atomic E-state index is 6.10. The van der Waals surface area contributed by atoms with Crippen molar-refractivity contribution in [3.8, 4) is 0 Å². The normalized spacial score (nSPS) is 17.6. The summed E-state index contributed by atoms with van der Waals surface area (Å²) in [5, 5.41) is 9.84. The van der Waals surface area contributed by atoms with Gasteiger partial charge in [0.05, 0.1) is 11.8 Å². The predicted molar refractivity (Wildman–Crippen MR) is 115 cm³/mol. The van der Waals surface area contributed by atoms with E-state index in [1.165, 1.54) is 21.0 Å². The first kappa shape index (κ1) is 18.8. The third-order valence-electron chi connectivity index (χ3n) is 4.75. The van der Waals surface area contributed by atoms with E-state index in [2.05, 4.69) is 42.6 Å². The van der Waals surface area contributed by atoms with E-state index in [0.29, 0.717) is 0 Å². The zero-order valence-electron chi connectivity index (χ0n) is 15.6. The number of hydrogen-bond donors (Lipinski definition) is 0. The van der Waals surface area contributed by atoms with Gasteiger partial charge in [-0.05, 0) is 44.9 Å². The van der Waals surface area contributed by atoms with Crippen LogP contribution in [0.2, 0.25) is 5.02 Å². The second kappa shape index (κ2) is 7.72. The fraction of sp³-hybridized carbons (Fsp3) is 0.350. The largest absolute Gasteiger partial charge is 0.317 e. The van der Waals surface area contributed by atoms with Crippen LogP contribution in [0.1, 0.15) is 41.8 Å². The molecule has 0 N–H and O–H groups in total. The summed E-state index contributed by atoms with van der Waals surface area (Å²) in [6.45, 7) is 12.8. The molecule has 4 nitrogen and oxygen atoms in total. The summed E-state index contributed by atoms with van der Waals surface area (Å²) in [4.78, 5) is 8.66. The van der Waals surface area contributed by atoms with Crippen LogP contribution in [0.4, 0.5) is 5.00 Å². The molecule has 2 aromatic rings. The molecular formula is C20H23ClN4S. The first-order valence-electron chi connectivity index (χ1n) is 8.68. The fourth-order valence-electron chi connectivity index (χ4n) is 3.14. The van der Waals surface area contributed by atoms with Gasteiger partial charge in [0.15, 0.2) is 0 Å². The van der Waals surface area contributed by atoms with Crippen molar-refractivity contribution in [3.63, 3.8) is 0 Å². The van der Waals surface area contributed by atoms with Gasteiger partial charge in [0.1, 0.15) is 10.8 Å². The average molecular weight is 387 g/mol. The molecule has 0 bridgehead atoms. The van der Waals surface area contributed by atoms with Gasteiger partial charge in [0, 0.05) is 34.3 Å². The average Bonchev–Trinajstić information content (AvgIpc) is 2.82. The Balaban J connectivity index is 2.24. The molecule has 2 heterocycles. The molecule has 1 atom stereocenters. The van der Waals surface area contributed by atoms with Crippen LogP contribution in [0.5, 0.6) is 0 Å². The molecule has 0 saturated carbocycles. The Morgan fingerprint density at radius 1 is 1.35 bits per heavy atom. The lowest BCUT2D eigenvalue weighted by Crippen LogP contribution is -2.34. The van der Waals surface area contributed by atoms with E-state index in [1.807, 2.05) is 31.2 Å². The van der Waals surface area contributed by atoms with Crippen molar-refractivity contribution in [3.05, 3.63) is 50.9 Å². The maximum Gasteiger partial charge on any atom is 0.129 e. The summed E-state index contributed by atoms with van der Waals surface area (Å²) >= 11 is 7.88. The van der Waals surface area contributed by atoms with Gasteiger partial charge in [-0.3, -0.25) is 4.99 Å². The molecule has 3 rings (SSSR count). The van der Waals surface area contributed by atoms with Crippen LogP contribution in [0.3, 0.4) is 0 Å². The molecule has 1 aliphatic rings. The van der Waals surface area contributed by atoms with Gasteiger partial charge in [0.2, 0.25) is 0 Å². The molecule has 0 unspecified atom stereocenters. The lowest BCUT2D eigenvalue weighted by Gasteiger charge is -2.23. The molecule has 0 aliphatic carbocycles. The first-order chi connectivity index (χ1) is 12.5. The Kier molecular flexibility index (Phi) is 5.58. The van der Waals surface area contributed by atoms with Gasteiger partial charge in [0.25, 0.3) is 0 Å². The molecule has 0 spiro atoms. The molecule has 0 fully saturated rings. The van der Waals surface area contributed by atoms with Crippen LogP contribution in [0.15, 0.2) is 39.5 Å². The third-order valence-corrected chi connectivity index (χ3v) is 6.23. The van der Waals surface area contributed by atoms with Crippen molar-refractivity contribution in [2.45, 2.75) is 40.2 Å². The Hall–Kier alpha value is -1.98. The molecule has 6 heteroatoms. The van der Waals surface area contributed by atoms with Crippen LogP contribution >= 0.6 is 22.9 Å². The van der Waals surface area contributed by atoms with Crippen molar-refractivity contribution >= 4 is 46.2 Å². The van der Waals surface area contributed by atoms with Crippen LogP contribution < -0.4 is 4.90 Å². The van der Waals surface area contributed by atoms with Crippen LogP contribution in [0.25, 0.3) is 0 Å². The minimum Gasteiger partial charge on any atom is -0.317 e. The smallest absolute Gasteiger partial charge is 0.129 e. The number of nitrogens with zero attached hydrogens (tertiary/aromatic N) is 4. The monoisotopic (exact) mass is 386 g/mol. The van der Waals surface area contributed by atoms with Crippen molar-refractivity contribution in [2.24, 2.45) is 15.2 Å². The number of benzene rings is 1. The van der Waals surface area contributed by atoms with Gasteiger partial charge < -0.3 is 4.90 Å². The number of halogens is 1. The third kappa shape index (κ3) is 3.46. The topological polar surface area (TPSA) is 40.3 Å². The Morgan fingerprint density at radius 3 is 2.65 bits per heavy atom. The summed E-state index contributed by atoms with van der Waals surface area (Å²) in [5.74, 6) is 0.841. The quantitative estimate of drug-likeness (QED) is 0.390. The van der Waals surface area contributed by atoms with Crippen molar-refractivity contribution < 1.29 is 0 Å². The summed E-state index contributed by atoms with van der Waals surface area (Å²) in [5.41, 5.74) is 4.57. The lowest BCUT2D eigenvalue weighted by molar-refractivity contribution is 0.662. The Morgan fingerprint density at radius 2 is 2.04 bits per heavy atom. The molecule has 136 valence electrons. The number of thiophene rings is 1. The second-order valence-corrected chi connectivity index (χ2v) is 8.05. The number of amidine groups is 1. The van der Waals surface area contributed by atoms with Gasteiger partial charge in [-0.15, -0.1) is 16.4 Å². The molecule has 0 saturated heterocycles. The number of anilines is 1. The molecule has 1 aromatic carbocycles. The standard InChI is InChI=1S/C20H23ClN4S/c1-6-17-11-25(14(4)24-22-5)20-18(12(2)13(3)26-20)19(23-17)15-7-9-16(21)10-8-15/h7-10,17H,5-6,11H2,1-4H3/b24-14-/t17-/m0/s1. The van der Waals surface area contributed by atoms with E-state index in [9.17, 15) is 0 Å². The SMILES string of the molecule is C=N/N=C(/C)N1C[C@H](CC)N=C(c2ccc(Cl)cc2)c2c1sc(C)c2C. The second-order valence-electron chi connectivity index (χ2n) is 6.41. The zero-order valence-corrected chi connectivity index (χ0v) is 17.2. The van der Waals surface area contributed by atoms with Gasteiger partial charge in [-0.1, -0.05) is 30.7 Å². The highest BCUT2D eigenvalue weighted by Crippen LogP contribution is 2.39. The number of aliphatic imine (C=N–C) groups is 1. The highest BCUT2D eigenvalue weighted by Gasteiger charge is 2.29. The van der Waals surface area contributed by atoms with E-state index in [1.54, 1.807) is 11.3 Å². The summed E-state index contributed by atoms with van der Waals surface area (Å²) in [7, 11) is 0. The van der Waals surface area contributed by atoms with E-state index in [0.717, 1.165) is 35.1 Å². The highest BCUT2D eigenvalue weighted by molar-refractivity contribution is 7.17. The molecule has 0 amide bonds. The van der Waals surface area contributed by atoms with Crippen molar-refractivity contribution in [2.75, 3.05) is 11.4 Å². The molecule has 0 radical (unpaired) electrons. The maximum absolute atomic E-state index is 6.10. The van der Waals surface area contributed by atoms with Crippen molar-refractivity contribution in [1.29, 1.82) is 0 Å². The first-order valence-corrected chi connectivity index (χ1v) is 9.87. The van der Waals surface area contributed by atoms with Gasteiger partial charge >= 0.3 is 0 Å². The van der Waals surface area contributed by atoms with Crippen molar-refractivity contribution in [1.82, 2.24) is 0 Å². The minimum atomic E-state index is 0.176. The minimum absolute atomic E-state index is 0.176. The van der Waals surface area contributed by atoms with Crippen LogP contribution in [-0.4, -0.2) is 30.9 Å². The van der Waals surface area contributed by atoms with E-state index < -0.39 is 0 Å². The Labute approximate surface area is 163 Å². The zero-order chi connectivity index (χ0) is 18.8. The fourth-order valence-corrected chi connectivity index (χ4v) is 4.48. The lowest BCUT2D eigenvalue weighted by atomic mass is 10.00. The molecule has 1 aromatic heterocycles. The van der Waals surface area contributed by atoms with Crippen LogP contribution in [-0.2, 0) is 0 Å². The van der Waals surface area contributed by atoms with E-state index >= 15 is 0 Å². The molecule has 26 heavy (non-hydrogen) atoms. The number of aryl methyl sites for hydroxylation is 1. The molecule has 1 aliphatic heterocycles. The van der Waals surface area contributed by atoms with Crippen LogP contribution in [0, 0.1) is 13.8 Å². The number of rotatable bonds is 3. The number of fused-ring (bicyclic) bond motifs is 1. The molecular weight excluding hydrogens is 364 g/mol.